The second-order valence-corrected chi connectivity index (χ2v) is 8.98. The number of nitrogens with one attached hydrogen (secondary N) is 1. The predicted octanol–water partition coefficient (Wildman–Crippen LogP) is 4.30. The van der Waals surface area contributed by atoms with E-state index < -0.39 is 0 Å². The van der Waals surface area contributed by atoms with Gasteiger partial charge in [0.15, 0.2) is 5.01 Å². The molecule has 0 bridgehead atoms. The minimum absolute atomic E-state index is 0.192. The minimum atomic E-state index is 0.192. The first-order valence-electron chi connectivity index (χ1n) is 10.5. The lowest BCUT2D eigenvalue weighted by atomic mass is 9.83. The van der Waals surface area contributed by atoms with E-state index in [1.165, 1.54) is 0 Å². The number of fused-ring (bicyclic) bond motifs is 1. The number of nitriles is 1. The summed E-state index contributed by atoms with van der Waals surface area (Å²) >= 11 is 1.60. The van der Waals surface area contributed by atoms with Crippen LogP contribution in [0.2, 0.25) is 0 Å². The van der Waals surface area contributed by atoms with Crippen LogP contribution in [-0.4, -0.2) is 38.1 Å². The van der Waals surface area contributed by atoms with Crippen LogP contribution < -0.4 is 5.32 Å². The molecule has 0 saturated heterocycles. The van der Waals surface area contributed by atoms with Gasteiger partial charge < -0.3 is 10.1 Å². The van der Waals surface area contributed by atoms with Crippen LogP contribution in [0.25, 0.3) is 27.5 Å². The Morgan fingerprint density at radius 3 is 2.78 bits per heavy atom. The van der Waals surface area contributed by atoms with Gasteiger partial charge in [0.25, 0.3) is 0 Å². The van der Waals surface area contributed by atoms with Crippen LogP contribution in [0, 0.1) is 17.2 Å². The topological polar surface area (TPSA) is 109 Å². The molecule has 0 atom stereocenters. The van der Waals surface area contributed by atoms with Gasteiger partial charge in [0.1, 0.15) is 17.4 Å². The Balaban J connectivity index is 1.44. The van der Waals surface area contributed by atoms with Gasteiger partial charge in [0, 0.05) is 30.8 Å². The zero-order chi connectivity index (χ0) is 22.1. The van der Waals surface area contributed by atoms with Crippen LogP contribution in [-0.2, 0) is 4.79 Å². The van der Waals surface area contributed by atoms with E-state index in [1.807, 2.05) is 31.4 Å². The molecule has 160 valence electrons. The van der Waals surface area contributed by atoms with E-state index in [4.69, 9.17) is 5.26 Å². The first kappa shape index (κ1) is 20.3. The second-order valence-electron chi connectivity index (χ2n) is 7.97. The molecular formula is C23H21N7OS. The fourth-order valence-electron chi connectivity index (χ4n) is 4.24. The van der Waals surface area contributed by atoms with Gasteiger partial charge >= 0.3 is 0 Å². The third kappa shape index (κ3) is 3.63. The quantitative estimate of drug-likeness (QED) is 0.458. The molecule has 1 aliphatic carbocycles. The van der Waals surface area contributed by atoms with E-state index in [-0.39, 0.29) is 5.92 Å². The lowest BCUT2D eigenvalue weighted by molar-refractivity contribution is -0.111. The summed E-state index contributed by atoms with van der Waals surface area (Å²) in [5.74, 6) is 0.566. The highest BCUT2D eigenvalue weighted by Gasteiger charge is 2.25. The Labute approximate surface area is 189 Å². The first-order valence-corrected chi connectivity index (χ1v) is 11.4. The van der Waals surface area contributed by atoms with Crippen molar-refractivity contribution in [1.29, 1.82) is 5.26 Å². The summed E-state index contributed by atoms with van der Waals surface area (Å²) in [6.45, 7) is 0. The van der Waals surface area contributed by atoms with Crippen LogP contribution in [0.5, 0.6) is 0 Å². The molecule has 0 aromatic carbocycles. The maximum atomic E-state index is 11.0. The highest BCUT2D eigenvalue weighted by molar-refractivity contribution is 7.14. The third-order valence-corrected chi connectivity index (χ3v) is 7.17. The van der Waals surface area contributed by atoms with Crippen molar-refractivity contribution < 1.29 is 4.79 Å². The highest BCUT2D eigenvalue weighted by Crippen LogP contribution is 2.39. The smallest absolute Gasteiger partial charge is 0.151 e. The second kappa shape index (κ2) is 8.48. The molecule has 1 N–H and O–H groups in total. The van der Waals surface area contributed by atoms with E-state index in [0.717, 1.165) is 70.1 Å². The third-order valence-electron chi connectivity index (χ3n) is 6.05. The summed E-state index contributed by atoms with van der Waals surface area (Å²) in [5, 5.41) is 27.5. The maximum Gasteiger partial charge on any atom is 0.151 e. The Kier molecular flexibility index (Phi) is 5.37. The number of carbonyl (C=O) groups excluding carboxylic acids is 1. The summed E-state index contributed by atoms with van der Waals surface area (Å²) in [5.41, 5.74) is 4.79. The van der Waals surface area contributed by atoms with Crippen LogP contribution in [0.1, 0.15) is 42.2 Å². The fourth-order valence-corrected chi connectivity index (χ4v) is 5.27. The lowest BCUT2D eigenvalue weighted by Gasteiger charge is -2.23. The Hall–Kier alpha value is -3.64. The van der Waals surface area contributed by atoms with Gasteiger partial charge in [-0.2, -0.15) is 10.4 Å². The minimum Gasteiger partial charge on any atom is -0.387 e. The molecule has 0 radical (unpaired) electrons. The van der Waals surface area contributed by atoms with Crippen molar-refractivity contribution >= 4 is 28.8 Å². The number of aromatic nitrogens is 5. The molecule has 4 heterocycles. The SMILES string of the molecule is CNc1cc(-c2ccc3cc(C#N)cnn23)ncc1-c1nnc([C@H]2CC[C@H](C=O)CC2)s1. The molecule has 32 heavy (non-hydrogen) atoms. The number of carbonyl (C=O) groups is 1. The number of hydrogen-bond donors (Lipinski definition) is 1. The standard InChI is InChI=1S/C23H21N7OS/c1-25-19-9-20(21-7-6-17-8-15(10-24)11-27-30(17)21)26-12-18(19)23-29-28-22(32-23)16-4-2-14(13-31)3-5-16/h6-9,11-14,16H,2-5H2,1H3,(H,25,26)/t14-,16-. The van der Waals surface area contributed by atoms with Crippen molar-refractivity contribution in [3.05, 3.63) is 47.2 Å². The average molecular weight is 444 g/mol. The number of rotatable bonds is 5. The molecule has 0 aliphatic heterocycles. The molecule has 8 nitrogen and oxygen atoms in total. The van der Waals surface area contributed by atoms with Gasteiger partial charge in [-0.05, 0) is 49.9 Å². The number of nitrogens with zero attached hydrogens (tertiary/aromatic N) is 6. The molecule has 4 aromatic heterocycles. The number of anilines is 1. The largest absolute Gasteiger partial charge is 0.387 e. The predicted molar refractivity (Wildman–Crippen MR) is 122 cm³/mol. The van der Waals surface area contributed by atoms with Crippen molar-refractivity contribution in [1.82, 2.24) is 24.8 Å². The van der Waals surface area contributed by atoms with Gasteiger partial charge in [-0.1, -0.05) is 11.3 Å². The van der Waals surface area contributed by atoms with Gasteiger partial charge in [-0.3, -0.25) is 4.98 Å². The van der Waals surface area contributed by atoms with Crippen LogP contribution >= 0.6 is 11.3 Å². The van der Waals surface area contributed by atoms with Crippen molar-refractivity contribution in [2.75, 3.05) is 12.4 Å². The number of aldehydes is 1. The summed E-state index contributed by atoms with van der Waals surface area (Å²) in [4.78, 5) is 15.7. The van der Waals surface area contributed by atoms with Crippen LogP contribution in [0.3, 0.4) is 0 Å². The Morgan fingerprint density at radius 1 is 1.19 bits per heavy atom. The number of hydrogen-bond acceptors (Lipinski definition) is 8. The molecular weight excluding hydrogens is 422 g/mol. The first-order chi connectivity index (χ1) is 15.7. The van der Waals surface area contributed by atoms with Crippen LogP contribution in [0.15, 0.2) is 36.7 Å². The zero-order valence-electron chi connectivity index (χ0n) is 17.5. The normalized spacial score (nSPS) is 18.4. The van der Waals surface area contributed by atoms with E-state index >= 15 is 0 Å². The van der Waals surface area contributed by atoms with Gasteiger partial charge in [-0.15, -0.1) is 10.2 Å². The van der Waals surface area contributed by atoms with Crippen molar-refractivity contribution in [3.8, 4) is 28.0 Å². The maximum absolute atomic E-state index is 11.0. The molecule has 1 fully saturated rings. The van der Waals surface area contributed by atoms with Crippen molar-refractivity contribution in [3.63, 3.8) is 0 Å². The molecule has 1 saturated carbocycles. The monoisotopic (exact) mass is 443 g/mol. The molecule has 0 amide bonds. The van der Waals surface area contributed by atoms with Gasteiger partial charge in [-0.25, -0.2) is 4.52 Å². The van der Waals surface area contributed by atoms with Crippen molar-refractivity contribution in [2.24, 2.45) is 5.92 Å². The fraction of sp³-hybridized carbons (Fsp3) is 0.304. The van der Waals surface area contributed by atoms with Gasteiger partial charge in [0.2, 0.25) is 0 Å². The molecule has 0 unspecified atom stereocenters. The number of pyridine rings is 1. The summed E-state index contributed by atoms with van der Waals surface area (Å²) in [6, 6.07) is 9.77. The summed E-state index contributed by atoms with van der Waals surface area (Å²) in [6.07, 6.45) is 8.27. The Bertz CT molecular complexity index is 1330. The molecule has 9 heteroatoms. The van der Waals surface area contributed by atoms with E-state index in [9.17, 15) is 4.79 Å². The highest BCUT2D eigenvalue weighted by atomic mass is 32.1. The lowest BCUT2D eigenvalue weighted by Crippen LogP contribution is -2.13. The van der Waals surface area contributed by atoms with Crippen molar-refractivity contribution in [2.45, 2.75) is 31.6 Å². The molecule has 1 aliphatic rings. The van der Waals surface area contributed by atoms with E-state index in [0.29, 0.717) is 11.5 Å². The van der Waals surface area contributed by atoms with E-state index in [2.05, 4.69) is 31.7 Å². The average Bonchev–Trinajstić information content (AvgIpc) is 3.51. The molecule has 4 aromatic rings. The summed E-state index contributed by atoms with van der Waals surface area (Å²) < 4.78 is 1.78. The van der Waals surface area contributed by atoms with E-state index in [1.54, 1.807) is 28.1 Å². The Morgan fingerprint density at radius 2 is 2.03 bits per heavy atom. The van der Waals surface area contributed by atoms with Crippen LogP contribution in [0.4, 0.5) is 5.69 Å². The zero-order valence-corrected chi connectivity index (χ0v) is 18.3. The molecule has 0 spiro atoms. The van der Waals surface area contributed by atoms with Gasteiger partial charge in [0.05, 0.1) is 34.2 Å². The summed E-state index contributed by atoms with van der Waals surface area (Å²) in [7, 11) is 1.87. The molecule has 5 rings (SSSR count).